The largest absolute Gasteiger partial charge is 0.330 e. The minimum Gasteiger partial charge on any atom is -0.330 e. The highest BCUT2D eigenvalue weighted by molar-refractivity contribution is 7.73. The summed E-state index contributed by atoms with van der Waals surface area (Å²) in [5.41, 5.74) is 2.44. The number of nitrogens with zero attached hydrogens (tertiary/aromatic N) is 1. The summed E-state index contributed by atoms with van der Waals surface area (Å²) in [5, 5.41) is 11.0. The molecule has 0 saturated heterocycles. The number of hydrogen-bond donors (Lipinski definition) is 2. The van der Waals surface area contributed by atoms with Crippen molar-refractivity contribution in [1.29, 1.82) is 0 Å². The molecule has 17 heavy (non-hydrogen) atoms. The number of benzene rings is 1. The van der Waals surface area contributed by atoms with Gasteiger partial charge in [-0.25, -0.2) is 0 Å². The van der Waals surface area contributed by atoms with E-state index in [9.17, 15) is 0 Å². The van der Waals surface area contributed by atoms with Crippen molar-refractivity contribution < 1.29 is 0 Å². The minimum absolute atomic E-state index is 0.0986. The summed E-state index contributed by atoms with van der Waals surface area (Å²) in [6, 6.07) is 8.26. The van der Waals surface area contributed by atoms with Gasteiger partial charge in [0.15, 0.2) is 3.95 Å². The maximum atomic E-state index is 5.02. The molecule has 0 atom stereocenters. The standard InChI is InChI=1S/C12H15N3S2/c1-12(2,3)8-6-4-5-7-9(8)13-10-14-15-11(16)17-10/h4-7H,1-3H3,(H,13,14)(H,15,16). The van der Waals surface area contributed by atoms with Crippen LogP contribution in [0.3, 0.4) is 0 Å². The highest BCUT2D eigenvalue weighted by atomic mass is 32.1. The van der Waals surface area contributed by atoms with E-state index in [1.807, 2.05) is 6.07 Å². The number of hydrogen-bond acceptors (Lipinski definition) is 4. The number of nitrogens with one attached hydrogen (secondary N) is 2. The second-order valence-electron chi connectivity index (χ2n) is 4.84. The molecule has 0 aliphatic rings. The van der Waals surface area contributed by atoms with Crippen molar-refractivity contribution >= 4 is 34.4 Å². The van der Waals surface area contributed by atoms with Gasteiger partial charge in [0, 0.05) is 5.69 Å². The van der Waals surface area contributed by atoms with Crippen molar-refractivity contribution in [2.75, 3.05) is 5.32 Å². The maximum absolute atomic E-state index is 5.02. The first-order chi connectivity index (χ1) is 7.97. The molecule has 3 nitrogen and oxygen atoms in total. The van der Waals surface area contributed by atoms with E-state index in [0.717, 1.165) is 10.8 Å². The van der Waals surface area contributed by atoms with Crippen LogP contribution >= 0.6 is 23.6 Å². The van der Waals surface area contributed by atoms with Gasteiger partial charge in [0.05, 0.1) is 0 Å². The van der Waals surface area contributed by atoms with Gasteiger partial charge in [0.2, 0.25) is 5.13 Å². The highest BCUT2D eigenvalue weighted by Crippen LogP contribution is 2.31. The number of para-hydroxylation sites is 1. The Hall–Kier alpha value is -1.20. The van der Waals surface area contributed by atoms with Gasteiger partial charge >= 0.3 is 0 Å². The fraction of sp³-hybridized carbons (Fsp3) is 0.333. The van der Waals surface area contributed by atoms with E-state index in [2.05, 4.69) is 54.5 Å². The number of anilines is 2. The summed E-state index contributed by atoms with van der Waals surface area (Å²) in [6.07, 6.45) is 0. The maximum Gasteiger partial charge on any atom is 0.208 e. The molecule has 0 fully saturated rings. The Morgan fingerprint density at radius 2 is 2.00 bits per heavy atom. The fourth-order valence-corrected chi connectivity index (χ4v) is 2.45. The lowest BCUT2D eigenvalue weighted by molar-refractivity contribution is 0.592. The zero-order chi connectivity index (χ0) is 12.5. The third-order valence-electron chi connectivity index (χ3n) is 2.41. The Bertz CT molecular complexity index is 563. The van der Waals surface area contributed by atoms with Crippen molar-refractivity contribution in [3.8, 4) is 0 Å². The molecule has 0 bridgehead atoms. The molecule has 0 saturated carbocycles. The number of aromatic nitrogens is 2. The van der Waals surface area contributed by atoms with Crippen molar-refractivity contribution in [2.45, 2.75) is 26.2 Å². The number of rotatable bonds is 2. The molecule has 2 N–H and O–H groups in total. The zero-order valence-corrected chi connectivity index (χ0v) is 11.7. The van der Waals surface area contributed by atoms with Crippen LogP contribution in [0.2, 0.25) is 0 Å². The van der Waals surface area contributed by atoms with Crippen LogP contribution in [0.15, 0.2) is 24.3 Å². The van der Waals surface area contributed by atoms with Gasteiger partial charge in [-0.15, -0.1) is 5.10 Å². The second-order valence-corrected chi connectivity index (χ2v) is 6.50. The number of aromatic amines is 1. The summed E-state index contributed by atoms with van der Waals surface area (Å²) < 4.78 is 0.681. The average Bonchev–Trinajstić information content (AvgIpc) is 2.63. The van der Waals surface area contributed by atoms with E-state index >= 15 is 0 Å². The second kappa shape index (κ2) is 4.58. The minimum atomic E-state index is 0.0986. The summed E-state index contributed by atoms with van der Waals surface area (Å²) in [5.74, 6) is 0. The van der Waals surface area contributed by atoms with Gasteiger partial charge in [-0.3, -0.25) is 5.10 Å². The van der Waals surface area contributed by atoms with Crippen LogP contribution in [0.1, 0.15) is 26.3 Å². The van der Waals surface area contributed by atoms with Gasteiger partial charge in [-0.05, 0) is 29.3 Å². The summed E-state index contributed by atoms with van der Waals surface area (Å²) >= 11 is 6.45. The van der Waals surface area contributed by atoms with Gasteiger partial charge < -0.3 is 5.32 Å². The smallest absolute Gasteiger partial charge is 0.208 e. The van der Waals surface area contributed by atoms with Crippen LogP contribution in [-0.4, -0.2) is 10.2 Å². The Labute approximate surface area is 110 Å². The van der Waals surface area contributed by atoms with Crippen LogP contribution in [0.5, 0.6) is 0 Å². The molecule has 1 heterocycles. The van der Waals surface area contributed by atoms with Crippen LogP contribution in [0, 0.1) is 3.95 Å². The van der Waals surface area contributed by atoms with E-state index in [1.165, 1.54) is 16.9 Å². The monoisotopic (exact) mass is 265 g/mol. The lowest BCUT2D eigenvalue weighted by Gasteiger charge is -2.22. The lowest BCUT2D eigenvalue weighted by Crippen LogP contribution is -2.13. The van der Waals surface area contributed by atoms with E-state index in [0.29, 0.717) is 3.95 Å². The molecular weight excluding hydrogens is 250 g/mol. The lowest BCUT2D eigenvalue weighted by atomic mass is 9.86. The van der Waals surface area contributed by atoms with Crippen molar-refractivity contribution in [2.24, 2.45) is 0 Å². The van der Waals surface area contributed by atoms with E-state index in [1.54, 1.807) is 0 Å². The van der Waals surface area contributed by atoms with Crippen LogP contribution < -0.4 is 5.32 Å². The third kappa shape index (κ3) is 2.92. The Balaban J connectivity index is 2.36. The summed E-state index contributed by atoms with van der Waals surface area (Å²) in [6.45, 7) is 6.58. The first-order valence-corrected chi connectivity index (χ1v) is 6.61. The summed E-state index contributed by atoms with van der Waals surface area (Å²) in [7, 11) is 0. The van der Waals surface area contributed by atoms with Crippen LogP contribution in [0.4, 0.5) is 10.8 Å². The van der Waals surface area contributed by atoms with Gasteiger partial charge in [0.25, 0.3) is 0 Å². The van der Waals surface area contributed by atoms with E-state index in [-0.39, 0.29) is 5.41 Å². The Morgan fingerprint density at radius 3 is 2.59 bits per heavy atom. The zero-order valence-electron chi connectivity index (χ0n) is 10.1. The molecule has 90 valence electrons. The predicted molar refractivity (Wildman–Crippen MR) is 75.7 cm³/mol. The highest BCUT2D eigenvalue weighted by Gasteiger charge is 2.17. The average molecular weight is 265 g/mol. The molecule has 0 aliphatic heterocycles. The molecular formula is C12H15N3S2. The molecule has 1 aromatic heterocycles. The molecule has 2 rings (SSSR count). The molecule has 5 heteroatoms. The van der Waals surface area contributed by atoms with Crippen LogP contribution in [0.25, 0.3) is 0 Å². The van der Waals surface area contributed by atoms with E-state index in [4.69, 9.17) is 12.2 Å². The van der Waals surface area contributed by atoms with Crippen molar-refractivity contribution in [3.05, 3.63) is 33.8 Å². The number of H-pyrrole nitrogens is 1. The Kier molecular flexibility index (Phi) is 3.31. The first-order valence-electron chi connectivity index (χ1n) is 5.39. The van der Waals surface area contributed by atoms with Crippen molar-refractivity contribution in [1.82, 2.24) is 10.2 Å². The normalized spacial score (nSPS) is 11.5. The third-order valence-corrected chi connectivity index (χ3v) is 3.42. The van der Waals surface area contributed by atoms with Gasteiger partial charge in [-0.2, -0.15) is 0 Å². The molecule has 0 spiro atoms. The molecule has 0 amide bonds. The fourth-order valence-electron chi connectivity index (χ4n) is 1.64. The first kappa shape index (κ1) is 12.3. The molecule has 1 aromatic carbocycles. The van der Waals surface area contributed by atoms with Crippen molar-refractivity contribution in [3.63, 3.8) is 0 Å². The SMILES string of the molecule is CC(C)(C)c1ccccc1Nc1n[nH]c(=S)s1. The van der Waals surface area contributed by atoms with E-state index < -0.39 is 0 Å². The molecule has 0 unspecified atom stereocenters. The quantitative estimate of drug-likeness (QED) is 0.798. The molecule has 0 radical (unpaired) electrons. The van der Waals surface area contributed by atoms with Crippen LogP contribution in [-0.2, 0) is 5.41 Å². The molecule has 0 aliphatic carbocycles. The summed E-state index contributed by atoms with van der Waals surface area (Å²) in [4.78, 5) is 0. The van der Waals surface area contributed by atoms with Gasteiger partial charge in [-0.1, -0.05) is 50.3 Å². The molecule has 2 aromatic rings. The topological polar surface area (TPSA) is 40.7 Å². The predicted octanol–water partition coefficient (Wildman–Crippen LogP) is 4.24. The Morgan fingerprint density at radius 1 is 1.29 bits per heavy atom. The van der Waals surface area contributed by atoms with Gasteiger partial charge in [0.1, 0.15) is 0 Å².